The fraction of sp³-hybridized carbons (Fsp3) is 0.480. The van der Waals surface area contributed by atoms with Crippen LogP contribution in [0.3, 0.4) is 0 Å². The lowest BCUT2D eigenvalue weighted by atomic mass is 10.0. The molecular formula is C25H33Cl2N2+. The standard InChI is InChI=1S/C25H33Cl2N2/c1-3-5-6-7-8-9-10-13-18-28-19-29(25(27)24(28)26)23-20(4-2)16-17-21-14-11-12-15-22(21)23/h11-12,14-17,19H,3-10,13,18H2,1-2H3/q+1. The summed E-state index contributed by atoms with van der Waals surface area (Å²) >= 11 is 13.3. The quantitative estimate of drug-likeness (QED) is 0.215. The average molecular weight is 432 g/mol. The largest absolute Gasteiger partial charge is 0.260 e. The summed E-state index contributed by atoms with van der Waals surface area (Å²) in [6, 6.07) is 12.8. The molecule has 0 atom stereocenters. The molecule has 2 nitrogen and oxygen atoms in total. The summed E-state index contributed by atoms with van der Waals surface area (Å²) < 4.78 is 4.16. The Morgan fingerprint density at radius 3 is 2.24 bits per heavy atom. The van der Waals surface area contributed by atoms with Gasteiger partial charge in [0.25, 0.3) is 16.6 Å². The predicted octanol–water partition coefficient (Wildman–Crippen LogP) is 7.93. The fourth-order valence-corrected chi connectivity index (χ4v) is 4.51. The maximum absolute atomic E-state index is 6.70. The van der Waals surface area contributed by atoms with Gasteiger partial charge >= 0.3 is 0 Å². The third kappa shape index (κ3) is 5.35. The van der Waals surface area contributed by atoms with Gasteiger partial charge in [-0.1, -0.05) is 88.8 Å². The van der Waals surface area contributed by atoms with E-state index in [1.165, 1.54) is 61.3 Å². The average Bonchev–Trinajstić information content (AvgIpc) is 3.03. The van der Waals surface area contributed by atoms with E-state index in [4.69, 9.17) is 23.2 Å². The summed E-state index contributed by atoms with van der Waals surface area (Å²) in [5.41, 5.74) is 2.42. The van der Waals surface area contributed by atoms with Crippen LogP contribution in [-0.2, 0) is 13.0 Å². The number of hydrogen-bond acceptors (Lipinski definition) is 0. The highest BCUT2D eigenvalue weighted by Crippen LogP contribution is 2.31. The first kappa shape index (κ1) is 22.2. The van der Waals surface area contributed by atoms with Crippen molar-refractivity contribution in [3.8, 4) is 5.69 Å². The summed E-state index contributed by atoms with van der Waals surface area (Å²) in [7, 11) is 0. The molecule has 0 fully saturated rings. The Bertz CT molecular complexity index is 930. The minimum atomic E-state index is 0.595. The van der Waals surface area contributed by atoms with Gasteiger partial charge in [0.2, 0.25) is 0 Å². The van der Waals surface area contributed by atoms with E-state index in [2.05, 4.69) is 65.7 Å². The molecule has 4 heteroatoms. The highest BCUT2D eigenvalue weighted by atomic mass is 35.5. The summed E-state index contributed by atoms with van der Waals surface area (Å²) in [5, 5.41) is 3.65. The molecule has 0 bridgehead atoms. The first-order valence-corrected chi connectivity index (χ1v) is 11.9. The fourth-order valence-electron chi connectivity index (χ4n) is 4.06. The van der Waals surface area contributed by atoms with Gasteiger partial charge in [-0.3, -0.25) is 0 Å². The minimum Gasteiger partial charge on any atom is -0.219 e. The van der Waals surface area contributed by atoms with Crippen LogP contribution in [0.4, 0.5) is 0 Å². The number of nitrogens with zero attached hydrogens (tertiary/aromatic N) is 2. The lowest BCUT2D eigenvalue weighted by Crippen LogP contribution is -2.32. The third-order valence-electron chi connectivity index (χ3n) is 5.75. The molecule has 29 heavy (non-hydrogen) atoms. The molecule has 3 rings (SSSR count). The Balaban J connectivity index is 1.74. The van der Waals surface area contributed by atoms with Crippen molar-refractivity contribution in [3.63, 3.8) is 0 Å². The van der Waals surface area contributed by atoms with Gasteiger partial charge < -0.3 is 0 Å². The molecule has 0 radical (unpaired) electrons. The van der Waals surface area contributed by atoms with Crippen LogP contribution < -0.4 is 4.57 Å². The molecular weight excluding hydrogens is 399 g/mol. The van der Waals surface area contributed by atoms with Crippen LogP contribution in [-0.4, -0.2) is 4.57 Å². The molecule has 0 unspecified atom stereocenters. The van der Waals surface area contributed by atoms with Crippen LogP contribution in [0.1, 0.15) is 70.8 Å². The molecule has 0 spiro atoms. The number of aromatic nitrogens is 2. The van der Waals surface area contributed by atoms with Crippen LogP contribution in [0.2, 0.25) is 10.3 Å². The first-order chi connectivity index (χ1) is 14.2. The molecule has 0 saturated carbocycles. The normalized spacial score (nSPS) is 11.4. The lowest BCUT2D eigenvalue weighted by Gasteiger charge is -2.09. The molecule has 1 heterocycles. The Labute approximate surface area is 185 Å². The second-order valence-corrected chi connectivity index (χ2v) is 8.60. The lowest BCUT2D eigenvalue weighted by molar-refractivity contribution is -0.694. The number of benzene rings is 2. The molecule has 0 amide bonds. The summed E-state index contributed by atoms with van der Waals surface area (Å²) in [4.78, 5) is 0. The molecule has 156 valence electrons. The van der Waals surface area contributed by atoms with Crippen molar-refractivity contribution in [2.45, 2.75) is 78.2 Å². The van der Waals surface area contributed by atoms with E-state index in [9.17, 15) is 0 Å². The molecule has 0 saturated heterocycles. The molecule has 1 aromatic heterocycles. The number of hydrogen-bond donors (Lipinski definition) is 0. The van der Waals surface area contributed by atoms with E-state index in [0.717, 1.165) is 25.1 Å². The summed E-state index contributed by atoms with van der Waals surface area (Å²) in [5.74, 6) is 0. The van der Waals surface area contributed by atoms with Gasteiger partial charge in [-0.15, -0.1) is 0 Å². The molecule has 0 N–H and O–H groups in total. The van der Waals surface area contributed by atoms with E-state index in [1.54, 1.807) is 0 Å². The van der Waals surface area contributed by atoms with Crippen molar-refractivity contribution >= 4 is 34.0 Å². The Hall–Kier alpha value is -1.51. The number of halogens is 2. The maximum atomic E-state index is 6.70. The zero-order valence-corrected chi connectivity index (χ0v) is 19.3. The van der Waals surface area contributed by atoms with Gasteiger partial charge in [0, 0.05) is 5.39 Å². The van der Waals surface area contributed by atoms with Gasteiger partial charge in [-0.2, -0.15) is 4.57 Å². The smallest absolute Gasteiger partial charge is 0.219 e. The Morgan fingerprint density at radius 2 is 1.52 bits per heavy atom. The van der Waals surface area contributed by atoms with Gasteiger partial charge in [-0.25, -0.2) is 4.57 Å². The number of rotatable bonds is 11. The van der Waals surface area contributed by atoms with Crippen LogP contribution >= 0.6 is 23.2 Å². The Morgan fingerprint density at radius 1 is 0.828 bits per heavy atom. The second kappa shape index (κ2) is 11.0. The molecule has 2 aromatic carbocycles. The number of aryl methyl sites for hydroxylation is 2. The van der Waals surface area contributed by atoms with Gasteiger partial charge in [-0.05, 0) is 53.4 Å². The number of fused-ring (bicyclic) bond motifs is 1. The van der Waals surface area contributed by atoms with Crippen molar-refractivity contribution < 1.29 is 4.57 Å². The van der Waals surface area contributed by atoms with Crippen molar-refractivity contribution in [3.05, 3.63) is 58.6 Å². The number of unbranched alkanes of at least 4 members (excludes halogenated alkanes) is 7. The monoisotopic (exact) mass is 431 g/mol. The molecule has 0 aliphatic heterocycles. The highest BCUT2D eigenvalue weighted by molar-refractivity contribution is 6.40. The van der Waals surface area contributed by atoms with Gasteiger partial charge in [0.05, 0.1) is 6.54 Å². The molecule has 0 aliphatic carbocycles. The zero-order chi connectivity index (χ0) is 20.6. The topological polar surface area (TPSA) is 8.81 Å². The predicted molar refractivity (Wildman–Crippen MR) is 125 cm³/mol. The van der Waals surface area contributed by atoms with Gasteiger partial charge in [0.15, 0.2) is 0 Å². The maximum Gasteiger partial charge on any atom is 0.260 e. The van der Waals surface area contributed by atoms with E-state index >= 15 is 0 Å². The SMILES string of the molecule is CCCCCCCCCC[n+]1cn(-c2c(CC)ccc3ccccc23)c(Cl)c1Cl. The molecule has 3 aromatic rings. The van der Waals surface area contributed by atoms with E-state index in [-0.39, 0.29) is 0 Å². The molecule has 0 aliphatic rings. The van der Waals surface area contributed by atoms with Crippen molar-refractivity contribution in [2.24, 2.45) is 0 Å². The van der Waals surface area contributed by atoms with E-state index in [0.29, 0.717) is 10.3 Å². The second-order valence-electron chi connectivity index (χ2n) is 7.88. The summed E-state index contributed by atoms with van der Waals surface area (Å²) in [6.45, 7) is 5.36. The van der Waals surface area contributed by atoms with Crippen molar-refractivity contribution in [2.75, 3.05) is 0 Å². The van der Waals surface area contributed by atoms with Crippen LogP contribution in [0.5, 0.6) is 0 Å². The Kier molecular flexibility index (Phi) is 8.44. The van der Waals surface area contributed by atoms with Gasteiger partial charge in [0.1, 0.15) is 5.69 Å². The highest BCUT2D eigenvalue weighted by Gasteiger charge is 2.24. The van der Waals surface area contributed by atoms with Crippen LogP contribution in [0.25, 0.3) is 16.5 Å². The summed E-state index contributed by atoms with van der Waals surface area (Å²) in [6.07, 6.45) is 13.5. The number of imidazole rings is 1. The zero-order valence-electron chi connectivity index (χ0n) is 17.8. The minimum absolute atomic E-state index is 0.595. The van der Waals surface area contributed by atoms with E-state index in [1.807, 2.05) is 0 Å². The van der Waals surface area contributed by atoms with E-state index < -0.39 is 0 Å². The third-order valence-corrected chi connectivity index (χ3v) is 6.60. The van der Waals surface area contributed by atoms with Crippen molar-refractivity contribution in [1.82, 2.24) is 4.57 Å². The van der Waals surface area contributed by atoms with Crippen LogP contribution in [0, 0.1) is 0 Å². The van der Waals surface area contributed by atoms with Crippen LogP contribution in [0.15, 0.2) is 42.7 Å². The first-order valence-electron chi connectivity index (χ1n) is 11.1. The van der Waals surface area contributed by atoms with Crippen molar-refractivity contribution in [1.29, 1.82) is 0 Å².